The van der Waals surface area contributed by atoms with E-state index >= 15 is 0 Å². The fourth-order valence-corrected chi connectivity index (χ4v) is 3.79. The summed E-state index contributed by atoms with van der Waals surface area (Å²) in [6.07, 6.45) is 6.95. The SMILES string of the molecule is CC(=O)c1c(C)[nH]c(C(=O)N(C2CCCC2)C2CC2)c1C. The van der Waals surface area contributed by atoms with Crippen LogP contribution in [0.3, 0.4) is 0 Å². The minimum atomic E-state index is 0.0270. The van der Waals surface area contributed by atoms with Crippen molar-refractivity contribution in [1.29, 1.82) is 0 Å². The lowest BCUT2D eigenvalue weighted by molar-refractivity contribution is 0.0658. The largest absolute Gasteiger partial charge is 0.354 e. The molecule has 1 aromatic heterocycles. The molecule has 0 radical (unpaired) electrons. The van der Waals surface area contributed by atoms with Gasteiger partial charge in [-0.1, -0.05) is 12.8 Å². The van der Waals surface area contributed by atoms with Gasteiger partial charge in [-0.15, -0.1) is 0 Å². The Morgan fingerprint density at radius 3 is 2.10 bits per heavy atom. The summed E-state index contributed by atoms with van der Waals surface area (Å²) in [5, 5.41) is 0. The molecule has 4 nitrogen and oxygen atoms in total. The monoisotopic (exact) mass is 288 g/mol. The highest BCUT2D eigenvalue weighted by Crippen LogP contribution is 2.36. The molecule has 1 amide bonds. The van der Waals surface area contributed by atoms with Crippen LogP contribution in [0.5, 0.6) is 0 Å². The quantitative estimate of drug-likeness (QED) is 0.863. The predicted molar refractivity (Wildman–Crippen MR) is 81.7 cm³/mol. The Balaban J connectivity index is 1.93. The number of H-pyrrole nitrogens is 1. The van der Waals surface area contributed by atoms with Gasteiger partial charge in [0, 0.05) is 23.3 Å². The molecule has 1 N–H and O–H groups in total. The summed E-state index contributed by atoms with van der Waals surface area (Å²) in [5.41, 5.74) is 2.93. The molecule has 114 valence electrons. The number of aromatic nitrogens is 1. The van der Waals surface area contributed by atoms with Gasteiger partial charge in [0.2, 0.25) is 0 Å². The number of carbonyl (C=O) groups is 2. The number of hydrogen-bond acceptors (Lipinski definition) is 2. The number of Topliss-reactive ketones (excluding diaryl/α,β-unsaturated/α-hetero) is 1. The molecule has 0 saturated heterocycles. The number of rotatable bonds is 4. The number of nitrogens with one attached hydrogen (secondary N) is 1. The van der Waals surface area contributed by atoms with Gasteiger partial charge in [0.05, 0.1) is 0 Å². The molecular formula is C17H24N2O2. The second-order valence-electron chi connectivity index (χ2n) is 6.56. The zero-order chi connectivity index (χ0) is 15.1. The average Bonchev–Trinajstić information content (AvgIpc) is 2.99. The van der Waals surface area contributed by atoms with Crippen molar-refractivity contribution >= 4 is 11.7 Å². The van der Waals surface area contributed by atoms with Crippen LogP contribution in [0.25, 0.3) is 0 Å². The Hall–Kier alpha value is -1.58. The van der Waals surface area contributed by atoms with Gasteiger partial charge in [-0.25, -0.2) is 0 Å². The van der Waals surface area contributed by atoms with E-state index in [4.69, 9.17) is 0 Å². The number of nitrogens with zero attached hydrogens (tertiary/aromatic N) is 1. The standard InChI is InChI=1S/C17H24N2O2/c1-10-15(12(3)20)11(2)18-16(10)17(21)19(14-8-9-14)13-6-4-5-7-13/h13-14,18H,4-9H2,1-3H3. The zero-order valence-corrected chi connectivity index (χ0v) is 13.2. The molecule has 3 rings (SSSR count). The maximum Gasteiger partial charge on any atom is 0.271 e. The van der Waals surface area contributed by atoms with Crippen LogP contribution in [-0.2, 0) is 0 Å². The minimum absolute atomic E-state index is 0.0270. The summed E-state index contributed by atoms with van der Waals surface area (Å²) in [7, 11) is 0. The Morgan fingerprint density at radius 2 is 1.62 bits per heavy atom. The van der Waals surface area contributed by atoms with Crippen LogP contribution < -0.4 is 0 Å². The molecule has 0 bridgehead atoms. The van der Waals surface area contributed by atoms with Crippen LogP contribution in [0.15, 0.2) is 0 Å². The lowest BCUT2D eigenvalue weighted by Gasteiger charge is -2.29. The van der Waals surface area contributed by atoms with Crippen LogP contribution in [0.1, 0.15) is 77.6 Å². The molecule has 0 spiro atoms. The van der Waals surface area contributed by atoms with Crippen molar-refractivity contribution in [3.05, 3.63) is 22.5 Å². The van der Waals surface area contributed by atoms with E-state index in [1.807, 2.05) is 13.8 Å². The molecule has 2 aliphatic carbocycles. The van der Waals surface area contributed by atoms with Gasteiger partial charge in [0.1, 0.15) is 5.69 Å². The summed E-state index contributed by atoms with van der Waals surface area (Å²) in [4.78, 5) is 30.0. The lowest BCUT2D eigenvalue weighted by Crippen LogP contribution is -2.41. The van der Waals surface area contributed by atoms with Crippen LogP contribution in [-0.4, -0.2) is 33.7 Å². The van der Waals surface area contributed by atoms with E-state index in [-0.39, 0.29) is 11.7 Å². The van der Waals surface area contributed by atoms with E-state index in [0.29, 0.717) is 23.3 Å². The molecule has 1 heterocycles. The highest BCUT2D eigenvalue weighted by atomic mass is 16.2. The second-order valence-corrected chi connectivity index (χ2v) is 6.56. The first-order chi connectivity index (χ1) is 10.0. The molecule has 21 heavy (non-hydrogen) atoms. The van der Waals surface area contributed by atoms with E-state index in [1.54, 1.807) is 6.92 Å². The van der Waals surface area contributed by atoms with Gasteiger partial charge >= 0.3 is 0 Å². The summed E-state index contributed by atoms with van der Waals surface area (Å²) >= 11 is 0. The average molecular weight is 288 g/mol. The zero-order valence-electron chi connectivity index (χ0n) is 13.2. The summed E-state index contributed by atoms with van der Waals surface area (Å²) in [6.45, 7) is 5.32. The van der Waals surface area contributed by atoms with Crippen molar-refractivity contribution in [2.45, 2.75) is 71.4 Å². The molecule has 0 aliphatic heterocycles. The molecule has 2 aliphatic rings. The molecule has 2 saturated carbocycles. The number of hydrogen-bond donors (Lipinski definition) is 1. The molecular weight excluding hydrogens is 264 g/mol. The number of aromatic amines is 1. The summed E-state index contributed by atoms with van der Waals surface area (Å²) < 4.78 is 0. The molecule has 1 aromatic rings. The van der Waals surface area contributed by atoms with Gasteiger partial charge in [-0.3, -0.25) is 9.59 Å². The van der Waals surface area contributed by atoms with Crippen molar-refractivity contribution in [2.24, 2.45) is 0 Å². The lowest BCUT2D eigenvalue weighted by atomic mass is 10.1. The third-order valence-electron chi connectivity index (χ3n) is 4.90. The summed E-state index contributed by atoms with van der Waals surface area (Å²) in [6, 6.07) is 0.818. The van der Waals surface area contributed by atoms with E-state index < -0.39 is 0 Å². The topological polar surface area (TPSA) is 53.2 Å². The van der Waals surface area contributed by atoms with Crippen LogP contribution in [0, 0.1) is 13.8 Å². The number of amides is 1. The molecule has 2 fully saturated rings. The third-order valence-corrected chi connectivity index (χ3v) is 4.90. The van der Waals surface area contributed by atoms with Crippen molar-refractivity contribution in [3.8, 4) is 0 Å². The Morgan fingerprint density at radius 1 is 1.05 bits per heavy atom. The second kappa shape index (κ2) is 5.32. The Kier molecular flexibility index (Phi) is 3.64. The maximum atomic E-state index is 13.0. The Bertz CT molecular complexity index is 578. The highest BCUT2D eigenvalue weighted by Gasteiger charge is 2.39. The van der Waals surface area contributed by atoms with E-state index in [9.17, 15) is 9.59 Å². The molecule has 0 atom stereocenters. The summed E-state index contributed by atoms with van der Waals surface area (Å²) in [5.74, 6) is 0.122. The molecule has 0 unspecified atom stereocenters. The van der Waals surface area contributed by atoms with Crippen LogP contribution in [0.2, 0.25) is 0 Å². The number of carbonyl (C=O) groups excluding carboxylic acids is 2. The van der Waals surface area contributed by atoms with Gasteiger partial charge < -0.3 is 9.88 Å². The third kappa shape index (κ3) is 2.52. The van der Waals surface area contributed by atoms with E-state index in [2.05, 4.69) is 9.88 Å². The first-order valence-electron chi connectivity index (χ1n) is 8.03. The smallest absolute Gasteiger partial charge is 0.271 e. The molecule has 0 aromatic carbocycles. The van der Waals surface area contributed by atoms with Gasteiger partial charge in [-0.2, -0.15) is 0 Å². The van der Waals surface area contributed by atoms with Crippen molar-refractivity contribution in [2.75, 3.05) is 0 Å². The van der Waals surface area contributed by atoms with Crippen molar-refractivity contribution in [1.82, 2.24) is 9.88 Å². The maximum absolute atomic E-state index is 13.0. The first-order valence-corrected chi connectivity index (χ1v) is 8.03. The fraction of sp³-hybridized carbons (Fsp3) is 0.647. The predicted octanol–water partition coefficient (Wildman–Crippen LogP) is 3.38. The molecule has 4 heteroatoms. The van der Waals surface area contributed by atoms with Gasteiger partial charge in [-0.05, 0) is 52.0 Å². The van der Waals surface area contributed by atoms with Crippen molar-refractivity contribution in [3.63, 3.8) is 0 Å². The Labute approximate surface area is 125 Å². The van der Waals surface area contributed by atoms with Gasteiger partial charge in [0.25, 0.3) is 5.91 Å². The number of aryl methyl sites for hydroxylation is 1. The van der Waals surface area contributed by atoms with Crippen molar-refractivity contribution < 1.29 is 9.59 Å². The fourth-order valence-electron chi connectivity index (χ4n) is 3.79. The van der Waals surface area contributed by atoms with E-state index in [1.165, 1.54) is 12.8 Å². The highest BCUT2D eigenvalue weighted by molar-refractivity contribution is 6.02. The normalized spacial score (nSPS) is 19.0. The first kappa shape index (κ1) is 14.4. The van der Waals surface area contributed by atoms with Crippen LogP contribution in [0.4, 0.5) is 0 Å². The van der Waals surface area contributed by atoms with E-state index in [0.717, 1.165) is 36.9 Å². The van der Waals surface area contributed by atoms with Gasteiger partial charge in [0.15, 0.2) is 5.78 Å². The number of ketones is 1. The van der Waals surface area contributed by atoms with Crippen LogP contribution >= 0.6 is 0 Å². The minimum Gasteiger partial charge on any atom is -0.354 e.